The normalized spacial score (nSPS) is 23.3. The van der Waals surface area contributed by atoms with Crippen LogP contribution in [-0.2, 0) is 86.2 Å². The quantitative estimate of drug-likeness (QED) is 0.0366. The summed E-state index contributed by atoms with van der Waals surface area (Å²) in [6.45, 7) is 22.2. The summed E-state index contributed by atoms with van der Waals surface area (Å²) in [5.41, 5.74) is 6.44. The number of ether oxygens (including phenoxy) is 9. The third-order valence-electron chi connectivity index (χ3n) is 18.7. The van der Waals surface area contributed by atoms with Gasteiger partial charge in [0, 0.05) is 35.4 Å². The largest absolute Gasteiger partial charge is 0.573 e. The Kier molecular flexibility index (Phi) is 26.4. The highest BCUT2D eigenvalue weighted by Crippen LogP contribution is 2.47. The molecule has 14 nitrogen and oxygen atoms in total. The molecule has 0 spiro atoms. The summed E-state index contributed by atoms with van der Waals surface area (Å²) in [7, 11) is -1.67. The first kappa shape index (κ1) is 79.0. The Morgan fingerprint density at radius 1 is 0.444 bits per heavy atom. The van der Waals surface area contributed by atoms with Crippen LogP contribution < -0.4 is 9.47 Å². The van der Waals surface area contributed by atoms with Crippen molar-refractivity contribution in [3.63, 3.8) is 0 Å². The predicted octanol–water partition coefficient (Wildman–Crippen LogP) is 16.9. The van der Waals surface area contributed by atoms with Crippen molar-refractivity contribution in [2.75, 3.05) is 27.4 Å². The zero-order valence-electron chi connectivity index (χ0n) is 57.7. The third kappa shape index (κ3) is 20.5. The highest BCUT2D eigenvalue weighted by Gasteiger charge is 2.60. The molecule has 2 saturated heterocycles. The van der Waals surface area contributed by atoms with E-state index in [2.05, 4.69) is 64.1 Å². The summed E-state index contributed by atoms with van der Waals surface area (Å²) in [4.78, 5) is 0. The number of rotatable bonds is 25. The molecule has 99 heavy (non-hydrogen) atoms. The van der Waals surface area contributed by atoms with E-state index in [1.807, 2.05) is 116 Å². The Balaban J connectivity index is 0.000000277. The predicted molar refractivity (Wildman–Crippen MR) is 371 cm³/mol. The smallest absolute Gasteiger partial charge is 0.414 e. The summed E-state index contributed by atoms with van der Waals surface area (Å²) in [5.74, 6) is -4.10. The number of alkyl halides is 6. The molecule has 24 heteroatoms. The summed E-state index contributed by atoms with van der Waals surface area (Å²) >= 11 is 13.3. The van der Waals surface area contributed by atoms with Gasteiger partial charge in [-0.3, -0.25) is 0 Å². The number of aliphatic hydroxyl groups is 3. The topological polar surface area (TPSA) is 162 Å². The Hall–Kier alpha value is -5.75. The van der Waals surface area contributed by atoms with Crippen LogP contribution >= 0.6 is 23.2 Å². The number of hydrogen-bond donors (Lipinski definition) is 3. The molecular formula is C75H90Cl2F6O14Si2. The van der Waals surface area contributed by atoms with Crippen molar-refractivity contribution in [3.8, 4) is 11.5 Å². The standard InChI is InChI=1S/C48H54ClF3O7Si.C27H36ClF3O7Si/c1-46(2,3)60(5,6)57-33-42-43(54-30-35-16-10-7-11-17-35)44(55-31-36-18-12-8-13-19-36)45(56-32-37-20-14-9-15-21-37)47(53-4,59-42)39-24-27-41(49)38(29-39)28-34-22-25-40(26-23-34)58-48(50,51)52;1-25(2,3)39(5,6)36-15-21-22(32)23(33)24(34)26(35-4,38-21)18-9-12-20(28)17(14-18)13-16-7-10-19(11-8-16)37-27(29,30)31/h7-27,29,42-45H,28,30-33H2,1-6H3;7-12,14,21-24,32-34H,13,15H2,1-6H3/t42-,43-,44+,45-,47+;21-,22-,23+,24-,26+/m11/s1. The van der Waals surface area contributed by atoms with Crippen LogP contribution in [0.2, 0.25) is 46.3 Å². The molecule has 0 bridgehead atoms. The molecule has 0 aromatic heterocycles. The van der Waals surface area contributed by atoms with Gasteiger partial charge in [-0.05, 0) is 137 Å². The zero-order chi connectivity index (χ0) is 72.4. The van der Waals surface area contributed by atoms with Crippen molar-refractivity contribution in [1.29, 1.82) is 0 Å². The lowest BCUT2D eigenvalue weighted by Crippen LogP contribution is -2.66. The Morgan fingerprint density at radius 3 is 1.19 bits per heavy atom. The van der Waals surface area contributed by atoms with E-state index >= 15 is 0 Å². The first-order chi connectivity index (χ1) is 46.5. The molecule has 0 radical (unpaired) electrons. The minimum absolute atomic E-state index is 0.0284. The molecule has 2 heterocycles. The fourth-order valence-corrected chi connectivity index (χ4v) is 13.5. The molecule has 10 atom stereocenters. The van der Waals surface area contributed by atoms with Crippen LogP contribution in [0.25, 0.3) is 0 Å². The van der Waals surface area contributed by atoms with Crippen LogP contribution in [0.15, 0.2) is 176 Å². The second-order valence-corrected chi connectivity index (χ2v) is 38.1. The summed E-state index contributed by atoms with van der Waals surface area (Å²) < 4.78 is 144. The van der Waals surface area contributed by atoms with E-state index in [0.717, 1.165) is 22.3 Å². The molecule has 538 valence electrons. The van der Waals surface area contributed by atoms with E-state index < -0.39 is 89.8 Å². The van der Waals surface area contributed by atoms with Crippen molar-refractivity contribution < 1.29 is 93.1 Å². The monoisotopic (exact) mass is 1450 g/mol. The maximum absolute atomic E-state index is 12.9. The minimum atomic E-state index is -4.80. The number of aliphatic hydroxyl groups excluding tert-OH is 3. The molecule has 7 aromatic rings. The van der Waals surface area contributed by atoms with Crippen molar-refractivity contribution in [3.05, 3.63) is 236 Å². The molecule has 0 amide bonds. The average Bonchev–Trinajstić information content (AvgIpc) is 0.741. The molecular weight excluding hydrogens is 1370 g/mol. The minimum Gasteiger partial charge on any atom is -0.414 e. The number of halogens is 8. The van der Waals surface area contributed by atoms with E-state index in [-0.39, 0.29) is 61.0 Å². The fraction of sp³-hybridized carbons (Fsp3) is 0.440. The van der Waals surface area contributed by atoms with Crippen molar-refractivity contribution in [2.24, 2.45) is 0 Å². The van der Waals surface area contributed by atoms with Gasteiger partial charge in [0.05, 0.1) is 33.0 Å². The van der Waals surface area contributed by atoms with Gasteiger partial charge in [0.15, 0.2) is 16.6 Å². The lowest BCUT2D eigenvalue weighted by atomic mass is 9.86. The van der Waals surface area contributed by atoms with E-state index in [4.69, 9.17) is 65.2 Å². The van der Waals surface area contributed by atoms with Gasteiger partial charge in [-0.1, -0.05) is 192 Å². The lowest BCUT2D eigenvalue weighted by molar-refractivity contribution is -0.384. The van der Waals surface area contributed by atoms with E-state index in [0.29, 0.717) is 44.3 Å². The van der Waals surface area contributed by atoms with Gasteiger partial charge in [0.2, 0.25) is 11.6 Å². The Bertz CT molecular complexity index is 3660. The number of benzene rings is 7. The van der Waals surface area contributed by atoms with Crippen molar-refractivity contribution in [2.45, 2.75) is 184 Å². The molecule has 3 N–H and O–H groups in total. The summed E-state index contributed by atoms with van der Waals surface area (Å²) in [5, 5.41) is 33.1. The summed E-state index contributed by atoms with van der Waals surface area (Å²) in [6.07, 6.45) is -17.8. The van der Waals surface area contributed by atoms with Gasteiger partial charge in [-0.15, -0.1) is 26.3 Å². The van der Waals surface area contributed by atoms with Crippen LogP contribution in [0.1, 0.15) is 91.6 Å². The van der Waals surface area contributed by atoms with Gasteiger partial charge in [0.25, 0.3) is 0 Å². The SMILES string of the molecule is CO[C@@]1(c2ccc(Cl)c(Cc3ccc(OC(F)(F)F)cc3)c2)O[C@H](CO[Si](C)(C)C(C)(C)C)[C@@H](O)[C@H](O)[C@H]1O.CO[C@@]1(c2ccc(Cl)c(Cc3ccc(OC(F)(F)F)cc3)c2)O[C@H](CO[Si](C)(C)C(C)(C)C)[C@@H](OCc2ccccc2)[C@H](OCc2ccccc2)[C@H]1OCc1ccccc1. The fourth-order valence-electron chi connectivity index (χ4n) is 11.1. The van der Waals surface area contributed by atoms with E-state index in [1.165, 1.54) is 43.5 Å². The Morgan fingerprint density at radius 2 is 0.808 bits per heavy atom. The maximum Gasteiger partial charge on any atom is 0.573 e. The van der Waals surface area contributed by atoms with E-state index in [9.17, 15) is 41.7 Å². The molecule has 0 saturated carbocycles. The Labute approximate surface area is 588 Å². The van der Waals surface area contributed by atoms with Crippen LogP contribution in [0.3, 0.4) is 0 Å². The molecule has 0 aliphatic carbocycles. The molecule has 2 aliphatic rings. The van der Waals surface area contributed by atoms with Gasteiger partial charge in [-0.2, -0.15) is 0 Å². The van der Waals surface area contributed by atoms with Crippen molar-refractivity contribution >= 4 is 39.8 Å². The average molecular weight is 1460 g/mol. The van der Waals surface area contributed by atoms with Crippen LogP contribution in [0.5, 0.6) is 11.5 Å². The molecule has 2 fully saturated rings. The first-order valence-electron chi connectivity index (χ1n) is 32.5. The highest BCUT2D eigenvalue weighted by molar-refractivity contribution is 6.74. The van der Waals surface area contributed by atoms with Crippen LogP contribution in [0.4, 0.5) is 26.3 Å². The van der Waals surface area contributed by atoms with Crippen LogP contribution in [0, 0.1) is 0 Å². The second kappa shape index (κ2) is 33.1. The molecule has 7 aromatic carbocycles. The highest BCUT2D eigenvalue weighted by atomic mass is 35.5. The van der Waals surface area contributed by atoms with Crippen molar-refractivity contribution in [1.82, 2.24) is 0 Å². The first-order valence-corrected chi connectivity index (χ1v) is 39.1. The molecule has 2 aliphatic heterocycles. The number of methoxy groups -OCH3 is 2. The molecule has 0 unspecified atom stereocenters. The van der Waals surface area contributed by atoms with Gasteiger partial charge >= 0.3 is 12.7 Å². The maximum atomic E-state index is 12.9. The summed E-state index contributed by atoms with van der Waals surface area (Å²) in [6, 6.07) is 51.1. The molecule has 9 rings (SSSR count). The number of hydrogen-bond acceptors (Lipinski definition) is 14. The zero-order valence-corrected chi connectivity index (χ0v) is 61.2. The van der Waals surface area contributed by atoms with Gasteiger partial charge in [0.1, 0.15) is 60.3 Å². The van der Waals surface area contributed by atoms with Crippen LogP contribution in [-0.4, -0.2) is 121 Å². The second-order valence-electron chi connectivity index (χ2n) is 27.7. The van der Waals surface area contributed by atoms with Gasteiger partial charge in [-0.25, -0.2) is 0 Å². The lowest BCUT2D eigenvalue weighted by Gasteiger charge is -2.52. The third-order valence-corrected chi connectivity index (χ3v) is 28.5. The van der Waals surface area contributed by atoms with Gasteiger partial charge < -0.3 is 66.8 Å². The van der Waals surface area contributed by atoms with E-state index in [1.54, 1.807) is 43.5 Å².